The molecule has 5 nitrogen and oxygen atoms in total. The van der Waals surface area contributed by atoms with E-state index in [1.165, 1.54) is 12.1 Å². The number of hydrogen-bond donors (Lipinski definition) is 1. The molecule has 1 aromatic carbocycles. The summed E-state index contributed by atoms with van der Waals surface area (Å²) in [5.74, 6) is -4.95. The van der Waals surface area contributed by atoms with E-state index in [9.17, 15) is 39.6 Å². The van der Waals surface area contributed by atoms with Gasteiger partial charge in [-0.2, -0.15) is 34.8 Å². The molecular weight excluding hydrogens is 521 g/mol. The van der Waals surface area contributed by atoms with Crippen LogP contribution in [0.3, 0.4) is 0 Å². The van der Waals surface area contributed by atoms with Gasteiger partial charge < -0.3 is 4.74 Å². The maximum atomic E-state index is 13.1. The van der Waals surface area contributed by atoms with Gasteiger partial charge in [0, 0.05) is 3.92 Å². The zero-order valence-corrected chi connectivity index (χ0v) is 16.4. The molecule has 0 saturated carbocycles. The molecule has 0 radical (unpaired) electrons. The van der Waals surface area contributed by atoms with E-state index in [4.69, 9.17) is 4.55 Å². The van der Waals surface area contributed by atoms with E-state index in [2.05, 4.69) is 27.3 Å². The number of carbonyl (C=O) groups is 1. The second-order valence-corrected chi connectivity index (χ2v) is 8.39. The fraction of sp³-hybridized carbons (Fsp3) is 0.500. The van der Waals surface area contributed by atoms with Gasteiger partial charge in [-0.25, -0.2) is 4.79 Å². The van der Waals surface area contributed by atoms with Crippen LogP contribution in [0, 0.1) is 0 Å². The van der Waals surface area contributed by atoms with Crippen molar-refractivity contribution >= 4 is 38.7 Å². The van der Waals surface area contributed by atoms with Crippen molar-refractivity contribution in [2.24, 2.45) is 0 Å². The van der Waals surface area contributed by atoms with Crippen LogP contribution in [-0.2, 0) is 14.9 Å². The second-order valence-electron chi connectivity index (χ2n) is 5.44. The highest BCUT2D eigenvalue weighted by Crippen LogP contribution is 2.47. The maximum Gasteiger partial charge on any atom is 0.438 e. The number of carbonyl (C=O) groups excluding carboxylic acids is 1. The van der Waals surface area contributed by atoms with E-state index in [-0.39, 0.29) is 3.92 Å². The molecule has 0 aliphatic rings. The summed E-state index contributed by atoms with van der Waals surface area (Å²) in [6.07, 6.45) is -12.0. The molecule has 1 unspecified atom stereocenters. The SMILES string of the molecule is CCC(I)c1ccc(C(=O)OC(CS(=O)(=O)O)(C(F)(F)F)C(F)(F)F)cc1. The number of benzene rings is 1. The van der Waals surface area contributed by atoms with Gasteiger partial charge >= 0.3 is 23.9 Å². The smallest absolute Gasteiger partial charge is 0.435 e. The van der Waals surface area contributed by atoms with Crippen LogP contribution < -0.4 is 0 Å². The highest BCUT2D eigenvalue weighted by Gasteiger charge is 2.76. The van der Waals surface area contributed by atoms with Crippen molar-refractivity contribution < 1.29 is 48.8 Å². The predicted octanol–water partition coefficient (Wildman–Crippen LogP) is 4.48. The van der Waals surface area contributed by atoms with Crippen LogP contribution in [0.25, 0.3) is 0 Å². The lowest BCUT2D eigenvalue weighted by Crippen LogP contribution is -2.63. The standard InChI is InChI=1S/C14H13F6IO5S/c1-2-10(21)8-3-5-9(6-4-8)11(22)26-12(13(15,16)17,14(18,19)20)7-27(23,24)25/h3-6,10H,2,7H2,1H3,(H,23,24,25). The Morgan fingerprint density at radius 2 is 1.56 bits per heavy atom. The Kier molecular flexibility index (Phi) is 7.19. The van der Waals surface area contributed by atoms with Crippen molar-refractivity contribution in [2.45, 2.75) is 35.2 Å². The second kappa shape index (κ2) is 8.11. The van der Waals surface area contributed by atoms with Crippen LogP contribution in [0.1, 0.15) is 33.2 Å². The normalized spacial score (nSPS) is 14.7. The molecule has 0 amide bonds. The fourth-order valence-electron chi connectivity index (χ4n) is 2.01. The Labute approximate surface area is 164 Å². The molecule has 0 spiro atoms. The molecule has 1 rings (SSSR count). The van der Waals surface area contributed by atoms with E-state index in [0.717, 1.165) is 12.1 Å². The molecule has 0 saturated heterocycles. The third-order valence-corrected chi connectivity index (χ3v) is 5.81. The average molecular weight is 534 g/mol. The fourth-order valence-corrected chi connectivity index (χ4v) is 3.32. The van der Waals surface area contributed by atoms with Crippen LogP contribution in [0.5, 0.6) is 0 Å². The Hall–Kier alpha value is -1.09. The number of halogens is 7. The maximum absolute atomic E-state index is 13.1. The molecule has 0 aliphatic heterocycles. The van der Waals surface area contributed by atoms with Gasteiger partial charge in [-0.05, 0) is 24.1 Å². The average Bonchev–Trinajstić information content (AvgIpc) is 2.50. The topological polar surface area (TPSA) is 80.7 Å². The first-order chi connectivity index (χ1) is 12.0. The summed E-state index contributed by atoms with van der Waals surface area (Å²) >= 11 is 2.05. The number of ether oxygens (including phenoxy) is 1. The number of alkyl halides is 7. The summed E-state index contributed by atoms with van der Waals surface area (Å²) in [5, 5.41) is 0. The number of esters is 1. The lowest BCUT2D eigenvalue weighted by Gasteiger charge is -2.35. The molecular formula is C14H13F6IO5S. The molecule has 0 heterocycles. The third-order valence-electron chi connectivity index (χ3n) is 3.43. The first-order valence-corrected chi connectivity index (χ1v) is 9.95. The Balaban J connectivity index is 3.35. The van der Waals surface area contributed by atoms with E-state index < -0.39 is 45.4 Å². The van der Waals surface area contributed by atoms with E-state index in [0.29, 0.717) is 12.0 Å². The minimum Gasteiger partial charge on any atom is -0.435 e. The molecule has 1 aromatic rings. The lowest BCUT2D eigenvalue weighted by atomic mass is 10.0. The Bertz CT molecular complexity index is 759. The van der Waals surface area contributed by atoms with Crippen molar-refractivity contribution in [3.05, 3.63) is 35.4 Å². The monoisotopic (exact) mass is 534 g/mol. The summed E-state index contributed by atoms with van der Waals surface area (Å²) in [6, 6.07) is 4.57. The van der Waals surface area contributed by atoms with Crippen molar-refractivity contribution in [3.63, 3.8) is 0 Å². The predicted molar refractivity (Wildman–Crippen MR) is 90.2 cm³/mol. The van der Waals surface area contributed by atoms with Crippen LogP contribution in [0.15, 0.2) is 24.3 Å². The highest BCUT2D eigenvalue weighted by atomic mass is 127. The first-order valence-electron chi connectivity index (χ1n) is 7.10. The Morgan fingerprint density at radius 3 is 1.89 bits per heavy atom. The van der Waals surface area contributed by atoms with E-state index in [1.54, 1.807) is 0 Å². The van der Waals surface area contributed by atoms with Gasteiger partial charge in [0.05, 0.1) is 5.56 Å². The molecule has 0 bridgehead atoms. The third kappa shape index (κ3) is 5.70. The molecule has 1 atom stereocenters. The Morgan fingerprint density at radius 1 is 1.11 bits per heavy atom. The van der Waals surface area contributed by atoms with Gasteiger partial charge in [0.1, 0.15) is 5.75 Å². The quantitative estimate of drug-likeness (QED) is 0.192. The van der Waals surface area contributed by atoms with Crippen LogP contribution >= 0.6 is 22.6 Å². The van der Waals surface area contributed by atoms with Crippen LogP contribution in [-0.4, -0.2) is 42.6 Å². The van der Waals surface area contributed by atoms with Crippen molar-refractivity contribution in [1.29, 1.82) is 0 Å². The zero-order chi connectivity index (χ0) is 21.3. The molecule has 13 heteroatoms. The molecule has 0 aromatic heterocycles. The highest BCUT2D eigenvalue weighted by molar-refractivity contribution is 14.1. The molecule has 1 N–H and O–H groups in total. The zero-order valence-electron chi connectivity index (χ0n) is 13.4. The summed E-state index contributed by atoms with van der Waals surface area (Å²) in [5.41, 5.74) is -5.39. The summed E-state index contributed by atoms with van der Waals surface area (Å²) in [7, 11) is -5.82. The van der Waals surface area contributed by atoms with Crippen molar-refractivity contribution in [2.75, 3.05) is 5.75 Å². The minimum atomic E-state index is -6.35. The summed E-state index contributed by atoms with van der Waals surface area (Å²) in [4.78, 5) is 11.9. The van der Waals surface area contributed by atoms with Gasteiger partial charge in [0.15, 0.2) is 0 Å². The van der Waals surface area contributed by atoms with Gasteiger partial charge in [-0.1, -0.05) is 41.6 Å². The molecule has 27 heavy (non-hydrogen) atoms. The summed E-state index contributed by atoms with van der Waals surface area (Å²) in [6.45, 7) is 1.84. The van der Waals surface area contributed by atoms with Crippen molar-refractivity contribution in [3.8, 4) is 0 Å². The van der Waals surface area contributed by atoms with E-state index >= 15 is 0 Å². The molecule has 154 valence electrons. The minimum absolute atomic E-state index is 0.00311. The van der Waals surface area contributed by atoms with Crippen LogP contribution in [0.2, 0.25) is 0 Å². The first kappa shape index (κ1) is 23.9. The molecule has 0 aliphatic carbocycles. The van der Waals surface area contributed by atoms with Gasteiger partial charge in [-0.15, -0.1) is 0 Å². The number of rotatable bonds is 6. The summed E-state index contributed by atoms with van der Waals surface area (Å²) < 4.78 is 112. The van der Waals surface area contributed by atoms with Crippen LogP contribution in [0.4, 0.5) is 26.3 Å². The van der Waals surface area contributed by atoms with Crippen molar-refractivity contribution in [1.82, 2.24) is 0 Å². The van der Waals surface area contributed by atoms with E-state index in [1.807, 2.05) is 6.92 Å². The molecule has 0 fully saturated rings. The lowest BCUT2D eigenvalue weighted by molar-refractivity contribution is -0.356. The largest absolute Gasteiger partial charge is 0.438 e. The number of hydrogen-bond acceptors (Lipinski definition) is 4. The van der Waals surface area contributed by atoms with Gasteiger partial charge in [-0.3, -0.25) is 4.55 Å². The van der Waals surface area contributed by atoms with Gasteiger partial charge in [0.2, 0.25) is 0 Å². The van der Waals surface area contributed by atoms with Gasteiger partial charge in [0.25, 0.3) is 10.1 Å².